The molecule has 0 unspecified atom stereocenters. The summed E-state index contributed by atoms with van der Waals surface area (Å²) in [6, 6.07) is 27.2. The van der Waals surface area contributed by atoms with E-state index in [9.17, 15) is 18.0 Å². The SMILES string of the molecule is O=C(CN(c1cccc(Cl)c1Cl)S(=O)(=O)c1ccccc1)N/N=C\c1ccc(OC(=O)c2ccccc2)cc1. The van der Waals surface area contributed by atoms with E-state index in [2.05, 4.69) is 10.5 Å². The number of nitrogens with zero attached hydrogens (tertiary/aromatic N) is 2. The predicted octanol–water partition coefficient (Wildman–Crippen LogP) is 5.56. The molecule has 0 aromatic heterocycles. The highest BCUT2D eigenvalue weighted by atomic mass is 35.5. The largest absolute Gasteiger partial charge is 0.423 e. The molecule has 39 heavy (non-hydrogen) atoms. The van der Waals surface area contributed by atoms with Gasteiger partial charge < -0.3 is 4.74 Å². The lowest BCUT2D eigenvalue weighted by Crippen LogP contribution is -2.39. The average molecular weight is 582 g/mol. The average Bonchev–Trinajstić information content (AvgIpc) is 2.95. The summed E-state index contributed by atoms with van der Waals surface area (Å²) in [6.45, 7) is -0.608. The summed E-state index contributed by atoms with van der Waals surface area (Å²) in [7, 11) is -4.16. The number of ether oxygens (including phenoxy) is 1. The molecule has 4 aromatic rings. The van der Waals surface area contributed by atoms with Gasteiger partial charge in [-0.05, 0) is 66.2 Å². The van der Waals surface area contributed by atoms with Crippen molar-refractivity contribution in [3.63, 3.8) is 0 Å². The number of anilines is 1. The summed E-state index contributed by atoms with van der Waals surface area (Å²) in [6.07, 6.45) is 1.36. The molecule has 4 rings (SSSR count). The van der Waals surface area contributed by atoms with Crippen LogP contribution in [0, 0.1) is 0 Å². The zero-order chi connectivity index (χ0) is 27.8. The first-order valence-corrected chi connectivity index (χ1v) is 13.7. The lowest BCUT2D eigenvalue weighted by Gasteiger charge is -2.24. The Bertz CT molecular complexity index is 1600. The number of carbonyl (C=O) groups is 2. The van der Waals surface area contributed by atoms with Gasteiger partial charge in [0.05, 0.1) is 32.4 Å². The number of esters is 1. The molecule has 0 aliphatic heterocycles. The van der Waals surface area contributed by atoms with Gasteiger partial charge in [-0.2, -0.15) is 5.10 Å². The van der Waals surface area contributed by atoms with Crippen molar-refractivity contribution in [1.82, 2.24) is 5.43 Å². The van der Waals surface area contributed by atoms with E-state index in [1.807, 2.05) is 0 Å². The van der Waals surface area contributed by atoms with E-state index in [-0.39, 0.29) is 20.6 Å². The van der Waals surface area contributed by atoms with E-state index in [1.54, 1.807) is 72.8 Å². The van der Waals surface area contributed by atoms with Gasteiger partial charge in [0.25, 0.3) is 15.9 Å². The highest BCUT2D eigenvalue weighted by Gasteiger charge is 2.29. The second-order valence-corrected chi connectivity index (χ2v) is 10.7. The van der Waals surface area contributed by atoms with Crippen LogP contribution in [0.15, 0.2) is 113 Å². The number of nitrogens with one attached hydrogen (secondary N) is 1. The number of amides is 1. The highest BCUT2D eigenvalue weighted by Crippen LogP contribution is 2.35. The van der Waals surface area contributed by atoms with Crippen molar-refractivity contribution in [2.75, 3.05) is 10.8 Å². The molecule has 1 N–H and O–H groups in total. The maximum atomic E-state index is 13.4. The molecule has 0 saturated carbocycles. The molecule has 0 aliphatic rings. The van der Waals surface area contributed by atoms with Gasteiger partial charge in [-0.25, -0.2) is 18.6 Å². The molecule has 0 radical (unpaired) electrons. The Kier molecular flexibility index (Phi) is 8.98. The van der Waals surface area contributed by atoms with Crippen molar-refractivity contribution in [2.45, 2.75) is 4.90 Å². The summed E-state index contributed by atoms with van der Waals surface area (Å²) >= 11 is 12.4. The topological polar surface area (TPSA) is 105 Å². The van der Waals surface area contributed by atoms with Gasteiger partial charge in [0.1, 0.15) is 12.3 Å². The standard InChI is InChI=1S/C28H21Cl2N3O5S/c29-24-12-7-13-25(27(24)30)33(39(36,37)23-10-5-2-6-11-23)19-26(34)32-31-18-20-14-16-22(17-15-20)38-28(35)21-8-3-1-4-9-21/h1-18H,19H2,(H,32,34)/b31-18-. The number of hydrogen-bond acceptors (Lipinski definition) is 6. The summed E-state index contributed by atoms with van der Waals surface area (Å²) < 4.78 is 33.0. The minimum Gasteiger partial charge on any atom is -0.423 e. The van der Waals surface area contributed by atoms with E-state index < -0.39 is 28.4 Å². The number of sulfonamides is 1. The van der Waals surface area contributed by atoms with Crippen LogP contribution in [0.3, 0.4) is 0 Å². The van der Waals surface area contributed by atoms with Crippen LogP contribution in [-0.4, -0.2) is 33.1 Å². The molecule has 0 saturated heterocycles. The van der Waals surface area contributed by atoms with Crippen molar-refractivity contribution in [1.29, 1.82) is 0 Å². The third-order valence-electron chi connectivity index (χ3n) is 5.32. The summed E-state index contributed by atoms with van der Waals surface area (Å²) in [5, 5.41) is 4.04. The van der Waals surface area contributed by atoms with Gasteiger partial charge in [-0.1, -0.05) is 65.7 Å². The monoisotopic (exact) mass is 581 g/mol. The zero-order valence-electron chi connectivity index (χ0n) is 20.2. The minimum atomic E-state index is -4.16. The first-order valence-electron chi connectivity index (χ1n) is 11.5. The van der Waals surface area contributed by atoms with Gasteiger partial charge >= 0.3 is 5.97 Å². The smallest absolute Gasteiger partial charge is 0.343 e. The molecule has 0 atom stereocenters. The van der Waals surface area contributed by atoms with Crippen LogP contribution in [0.25, 0.3) is 0 Å². The van der Waals surface area contributed by atoms with Gasteiger partial charge in [0.2, 0.25) is 0 Å². The van der Waals surface area contributed by atoms with E-state index in [0.717, 1.165) is 4.31 Å². The molecule has 0 aliphatic carbocycles. The van der Waals surface area contributed by atoms with Crippen LogP contribution in [0.4, 0.5) is 5.69 Å². The molecule has 0 bridgehead atoms. The first kappa shape index (κ1) is 27.8. The first-order chi connectivity index (χ1) is 18.8. The Morgan fingerprint density at radius 2 is 1.49 bits per heavy atom. The number of rotatable bonds is 9. The molecule has 4 aromatic carbocycles. The van der Waals surface area contributed by atoms with Crippen molar-refractivity contribution >= 4 is 57.0 Å². The quantitative estimate of drug-likeness (QED) is 0.121. The second-order valence-electron chi connectivity index (χ2n) is 8.02. The number of benzene rings is 4. The summed E-state index contributed by atoms with van der Waals surface area (Å²) in [5.74, 6) is -0.862. The van der Waals surface area contributed by atoms with Crippen molar-refractivity contribution < 1.29 is 22.7 Å². The van der Waals surface area contributed by atoms with E-state index in [1.165, 1.54) is 36.5 Å². The van der Waals surface area contributed by atoms with Gasteiger partial charge in [0.15, 0.2) is 0 Å². The lowest BCUT2D eigenvalue weighted by atomic mass is 10.2. The Labute approximate surface area is 235 Å². The van der Waals surface area contributed by atoms with Crippen LogP contribution in [0.1, 0.15) is 15.9 Å². The van der Waals surface area contributed by atoms with E-state index in [4.69, 9.17) is 27.9 Å². The fourth-order valence-electron chi connectivity index (χ4n) is 3.41. The van der Waals surface area contributed by atoms with E-state index in [0.29, 0.717) is 16.9 Å². The molecule has 198 valence electrons. The minimum absolute atomic E-state index is 0.0111. The van der Waals surface area contributed by atoms with Crippen LogP contribution in [-0.2, 0) is 14.8 Å². The van der Waals surface area contributed by atoms with Crippen molar-refractivity contribution in [2.24, 2.45) is 5.10 Å². The molecule has 0 heterocycles. The molecular formula is C28H21Cl2N3O5S. The second kappa shape index (κ2) is 12.6. The van der Waals surface area contributed by atoms with Crippen molar-refractivity contribution in [3.8, 4) is 5.75 Å². The Hall–Kier alpha value is -4.18. The molecule has 8 nitrogen and oxygen atoms in total. The number of carbonyl (C=O) groups excluding carboxylic acids is 2. The van der Waals surface area contributed by atoms with E-state index >= 15 is 0 Å². The van der Waals surface area contributed by atoms with Gasteiger partial charge in [-0.15, -0.1) is 0 Å². The van der Waals surface area contributed by atoms with Crippen molar-refractivity contribution in [3.05, 3.63) is 124 Å². The fraction of sp³-hybridized carbons (Fsp3) is 0.0357. The molecule has 11 heteroatoms. The Morgan fingerprint density at radius 3 is 2.15 bits per heavy atom. The number of hydrazone groups is 1. The van der Waals surface area contributed by atoms with Gasteiger partial charge in [0, 0.05) is 0 Å². The van der Waals surface area contributed by atoms with Gasteiger partial charge in [-0.3, -0.25) is 9.10 Å². The summed E-state index contributed by atoms with van der Waals surface area (Å²) in [4.78, 5) is 24.9. The number of halogens is 2. The Morgan fingerprint density at radius 1 is 0.846 bits per heavy atom. The lowest BCUT2D eigenvalue weighted by molar-refractivity contribution is -0.119. The van der Waals surface area contributed by atoms with Crippen LogP contribution >= 0.6 is 23.2 Å². The third kappa shape index (κ3) is 7.02. The molecule has 0 fully saturated rings. The van der Waals surface area contributed by atoms with Crippen LogP contribution in [0.2, 0.25) is 10.0 Å². The number of hydrogen-bond donors (Lipinski definition) is 1. The highest BCUT2D eigenvalue weighted by molar-refractivity contribution is 7.92. The zero-order valence-corrected chi connectivity index (χ0v) is 22.5. The predicted molar refractivity (Wildman–Crippen MR) is 151 cm³/mol. The molecule has 1 amide bonds. The fourth-order valence-corrected chi connectivity index (χ4v) is 5.31. The Balaban J connectivity index is 1.44. The molecule has 0 spiro atoms. The van der Waals surface area contributed by atoms with Crippen LogP contribution in [0.5, 0.6) is 5.75 Å². The third-order valence-corrected chi connectivity index (χ3v) is 7.90. The maximum Gasteiger partial charge on any atom is 0.343 e. The molecular weight excluding hydrogens is 561 g/mol. The normalized spacial score (nSPS) is 11.2. The van der Waals surface area contributed by atoms with Crippen LogP contribution < -0.4 is 14.5 Å². The summed E-state index contributed by atoms with van der Waals surface area (Å²) in [5.41, 5.74) is 3.39. The maximum absolute atomic E-state index is 13.4.